The summed E-state index contributed by atoms with van der Waals surface area (Å²) in [5.74, 6) is 1.90. The zero-order valence-corrected chi connectivity index (χ0v) is 12.6. The highest BCUT2D eigenvalue weighted by Gasteiger charge is 2.21. The van der Waals surface area contributed by atoms with Gasteiger partial charge in [-0.2, -0.15) is 0 Å². The first-order chi connectivity index (χ1) is 9.24. The fourth-order valence-electron chi connectivity index (χ4n) is 2.39. The second-order valence-corrected chi connectivity index (χ2v) is 4.75. The average Bonchev–Trinajstić information content (AvgIpc) is 2.84. The van der Waals surface area contributed by atoms with Crippen LogP contribution in [-0.4, -0.2) is 42.8 Å². The lowest BCUT2D eigenvalue weighted by atomic mass is 10.1. The van der Waals surface area contributed by atoms with Crippen molar-refractivity contribution in [3.05, 3.63) is 23.8 Å². The minimum atomic E-state index is 0. The molecule has 2 aliphatic rings. The predicted octanol–water partition coefficient (Wildman–Crippen LogP) is -1.28. The van der Waals surface area contributed by atoms with Gasteiger partial charge in [-0.05, 0) is 24.6 Å². The molecule has 1 fully saturated rings. The topological polar surface area (TPSA) is 62.6 Å². The van der Waals surface area contributed by atoms with E-state index >= 15 is 0 Å². The van der Waals surface area contributed by atoms with Crippen molar-refractivity contribution in [1.82, 2.24) is 4.90 Å². The second kappa shape index (κ2) is 6.26. The van der Waals surface area contributed by atoms with Crippen LogP contribution in [0.25, 0.3) is 0 Å². The number of hydrogen-bond acceptors (Lipinski definition) is 4. The highest BCUT2D eigenvalue weighted by molar-refractivity contribution is 6.00. The number of rotatable bonds is 3. The number of carbonyl (C=O) groups excluding carboxylic acids is 1. The van der Waals surface area contributed by atoms with Gasteiger partial charge >= 0.3 is 0 Å². The number of carbonyl (C=O) groups is 1. The first-order valence-electron chi connectivity index (χ1n) is 6.49. The Hall–Kier alpha value is -1.56. The summed E-state index contributed by atoms with van der Waals surface area (Å²) in [5.41, 5.74) is 0.615. The highest BCUT2D eigenvalue weighted by Crippen LogP contribution is 2.31. The van der Waals surface area contributed by atoms with Gasteiger partial charge in [0.2, 0.25) is 0 Å². The molecule has 1 aromatic rings. The molecule has 2 aliphatic heterocycles. The van der Waals surface area contributed by atoms with Gasteiger partial charge in [-0.1, -0.05) is 0 Å². The second-order valence-electron chi connectivity index (χ2n) is 4.75. The summed E-state index contributed by atoms with van der Waals surface area (Å²) in [6.45, 7) is 2.14. The van der Waals surface area contributed by atoms with E-state index in [1.165, 1.54) is 0 Å². The van der Waals surface area contributed by atoms with E-state index in [2.05, 4.69) is 0 Å². The van der Waals surface area contributed by atoms with E-state index in [1.54, 1.807) is 18.2 Å². The van der Waals surface area contributed by atoms with Gasteiger partial charge in [0, 0.05) is 18.5 Å². The Labute approximate surface area is 128 Å². The quantitative estimate of drug-likeness (QED) is 0.697. The predicted molar refractivity (Wildman–Crippen MR) is 70.3 cm³/mol. The van der Waals surface area contributed by atoms with E-state index < -0.39 is 0 Å². The molecule has 0 atom stereocenters. The molecule has 3 rings (SSSR count). The number of benzene rings is 1. The van der Waals surface area contributed by atoms with Gasteiger partial charge < -0.3 is 31.4 Å². The summed E-state index contributed by atoms with van der Waals surface area (Å²) >= 11 is 0. The number of ether oxygens (including phenoxy) is 2. The van der Waals surface area contributed by atoms with Crippen LogP contribution in [-0.2, 0) is 0 Å². The first kappa shape index (κ1) is 14.8. The minimum absolute atomic E-state index is 0. The van der Waals surface area contributed by atoms with E-state index in [0.29, 0.717) is 36.1 Å². The summed E-state index contributed by atoms with van der Waals surface area (Å²) in [5, 5.41) is 7.74. The Bertz CT molecular complexity index is 533. The molecule has 1 saturated heterocycles. The van der Waals surface area contributed by atoms with Crippen molar-refractivity contribution in [2.24, 2.45) is 0 Å². The van der Waals surface area contributed by atoms with E-state index in [9.17, 15) is 4.79 Å². The number of ketones is 1. The molecular formula is C14H16BrN2O3-. The van der Waals surface area contributed by atoms with E-state index in [-0.39, 0.29) is 29.3 Å². The number of likely N-dealkylation sites (tertiary alicyclic amines) is 1. The van der Waals surface area contributed by atoms with Crippen molar-refractivity contribution in [1.29, 1.82) is 5.41 Å². The van der Waals surface area contributed by atoms with Crippen LogP contribution in [0, 0.1) is 5.41 Å². The largest absolute Gasteiger partial charge is 1.00 e. The third-order valence-corrected chi connectivity index (χ3v) is 3.42. The molecule has 5 nitrogen and oxygen atoms in total. The number of halogens is 1. The van der Waals surface area contributed by atoms with Crippen LogP contribution in [0.3, 0.4) is 0 Å². The molecule has 0 saturated carbocycles. The maximum atomic E-state index is 12.2. The molecular weight excluding hydrogens is 324 g/mol. The fourth-order valence-corrected chi connectivity index (χ4v) is 2.39. The summed E-state index contributed by atoms with van der Waals surface area (Å²) in [6.07, 6.45) is 1.74. The van der Waals surface area contributed by atoms with Crippen LogP contribution in [0.15, 0.2) is 18.2 Å². The molecule has 0 bridgehead atoms. The molecule has 2 heterocycles. The maximum Gasteiger partial charge on any atom is 0.182 e. The smallest absolute Gasteiger partial charge is 0.182 e. The summed E-state index contributed by atoms with van der Waals surface area (Å²) in [6, 6.07) is 5.27. The lowest BCUT2D eigenvalue weighted by molar-refractivity contribution is -0.0000124. The van der Waals surface area contributed by atoms with Crippen LogP contribution in [0.1, 0.15) is 23.2 Å². The van der Waals surface area contributed by atoms with Crippen molar-refractivity contribution in [3.63, 3.8) is 0 Å². The number of fused-ring (bicyclic) bond motifs is 1. The molecule has 20 heavy (non-hydrogen) atoms. The Balaban J connectivity index is 0.00000147. The van der Waals surface area contributed by atoms with Gasteiger partial charge in [-0.15, -0.1) is 0 Å². The van der Waals surface area contributed by atoms with Crippen molar-refractivity contribution in [2.75, 3.05) is 26.3 Å². The lowest BCUT2D eigenvalue weighted by Gasteiger charge is -2.20. The molecule has 1 aromatic carbocycles. The molecule has 0 amide bonds. The Kier molecular flexibility index (Phi) is 4.65. The van der Waals surface area contributed by atoms with Crippen molar-refractivity contribution in [3.8, 4) is 11.5 Å². The van der Waals surface area contributed by atoms with Crippen LogP contribution in [0.4, 0.5) is 0 Å². The van der Waals surface area contributed by atoms with Gasteiger partial charge in [-0.25, -0.2) is 0 Å². The Morgan fingerprint density at radius 2 is 2.00 bits per heavy atom. The molecule has 108 valence electrons. The van der Waals surface area contributed by atoms with Crippen LogP contribution >= 0.6 is 0 Å². The zero-order chi connectivity index (χ0) is 13.2. The summed E-state index contributed by atoms with van der Waals surface area (Å²) in [4.78, 5) is 14.0. The normalized spacial score (nSPS) is 16.8. The standard InChI is InChI=1S/C14H16N2O3.BrH/c15-14-2-1-5-16(14)9-11(17)10-3-4-12-13(8-10)19-7-6-18-12;/h3-4,8,15H,1-2,5-7,9H2;1H/p-1. The van der Waals surface area contributed by atoms with Crippen LogP contribution < -0.4 is 26.5 Å². The number of hydrogen-bond donors (Lipinski definition) is 1. The molecule has 6 heteroatoms. The molecule has 0 radical (unpaired) electrons. The van der Waals surface area contributed by atoms with Crippen LogP contribution in [0.2, 0.25) is 0 Å². The SMILES string of the molecule is N=C1CCCN1CC(=O)c1ccc2c(c1)OCCO2.[Br-]. The average molecular weight is 340 g/mol. The number of amidine groups is 1. The third kappa shape index (κ3) is 2.95. The number of Topliss-reactive ketones (excluding diaryl/α,β-unsaturated/α-hetero) is 1. The Morgan fingerprint density at radius 3 is 2.70 bits per heavy atom. The minimum Gasteiger partial charge on any atom is -1.00 e. The van der Waals surface area contributed by atoms with Gasteiger partial charge in [0.1, 0.15) is 13.2 Å². The van der Waals surface area contributed by atoms with E-state index in [4.69, 9.17) is 14.9 Å². The van der Waals surface area contributed by atoms with Gasteiger partial charge in [0.05, 0.1) is 12.4 Å². The van der Waals surface area contributed by atoms with Crippen molar-refractivity contribution < 1.29 is 31.2 Å². The zero-order valence-electron chi connectivity index (χ0n) is 11.0. The van der Waals surface area contributed by atoms with Gasteiger partial charge in [0.15, 0.2) is 17.3 Å². The van der Waals surface area contributed by atoms with Crippen molar-refractivity contribution in [2.45, 2.75) is 12.8 Å². The number of nitrogens with one attached hydrogen (secondary N) is 1. The fraction of sp³-hybridized carbons (Fsp3) is 0.429. The lowest BCUT2D eigenvalue weighted by Crippen LogP contribution is -3.00. The van der Waals surface area contributed by atoms with Gasteiger partial charge in [-0.3, -0.25) is 10.2 Å². The van der Waals surface area contributed by atoms with E-state index in [1.807, 2.05) is 4.90 Å². The maximum absolute atomic E-state index is 12.2. The third-order valence-electron chi connectivity index (χ3n) is 3.42. The van der Waals surface area contributed by atoms with Gasteiger partial charge in [0.25, 0.3) is 0 Å². The van der Waals surface area contributed by atoms with Crippen LogP contribution in [0.5, 0.6) is 11.5 Å². The Morgan fingerprint density at radius 1 is 1.25 bits per heavy atom. The van der Waals surface area contributed by atoms with Crippen molar-refractivity contribution >= 4 is 11.6 Å². The molecule has 1 N–H and O–H groups in total. The first-order valence-corrected chi connectivity index (χ1v) is 6.49. The summed E-state index contributed by atoms with van der Waals surface area (Å²) < 4.78 is 10.9. The highest BCUT2D eigenvalue weighted by atomic mass is 79.9. The monoisotopic (exact) mass is 339 g/mol. The summed E-state index contributed by atoms with van der Waals surface area (Å²) in [7, 11) is 0. The molecule has 0 spiro atoms. The molecule has 0 unspecified atom stereocenters. The number of nitrogens with zero attached hydrogens (tertiary/aromatic N) is 1. The molecule has 0 aliphatic carbocycles. The van der Waals surface area contributed by atoms with E-state index in [0.717, 1.165) is 19.4 Å². The molecule has 0 aromatic heterocycles.